The van der Waals surface area contributed by atoms with Crippen LogP contribution in [0.2, 0.25) is 0 Å². The number of amides is 4. The van der Waals surface area contributed by atoms with Crippen LogP contribution in [-0.2, 0) is 19.2 Å². The van der Waals surface area contributed by atoms with Gasteiger partial charge in [0.05, 0.1) is 36.8 Å². The molecule has 15 nitrogen and oxygen atoms in total. The largest absolute Gasteiger partial charge is 0.363 e. The van der Waals surface area contributed by atoms with Gasteiger partial charge in [-0.3, -0.25) is 29.3 Å². The van der Waals surface area contributed by atoms with E-state index in [0.717, 1.165) is 0 Å². The van der Waals surface area contributed by atoms with Crippen molar-refractivity contribution in [2.45, 2.75) is 13.8 Å². The normalized spacial score (nSPS) is 9.91. The molecule has 1 aromatic carbocycles. The minimum absolute atomic E-state index is 0.0512. The third kappa shape index (κ3) is 7.99. The fourth-order valence-electron chi connectivity index (χ4n) is 2.47. The van der Waals surface area contributed by atoms with Crippen molar-refractivity contribution in [2.24, 2.45) is 0 Å². The Morgan fingerprint density at radius 1 is 0.912 bits per heavy atom. The van der Waals surface area contributed by atoms with Crippen molar-refractivity contribution in [2.75, 3.05) is 52.2 Å². The highest BCUT2D eigenvalue weighted by Crippen LogP contribution is 2.30. The first kappa shape index (κ1) is 27.7. The molecule has 34 heavy (non-hydrogen) atoms. The SMILES string of the molecule is CC.CN(C)C(=O)CNC(=O)CNC(=O)CNC(=O)CN(C)c1ccc([N+](=O)[O-])c2nonc12. The molecule has 0 fully saturated rings. The number of non-ortho nitro benzene ring substituents is 1. The number of hydrogen-bond acceptors (Lipinski definition) is 10. The second-order valence-corrected chi connectivity index (χ2v) is 6.80. The van der Waals surface area contributed by atoms with E-state index in [0.29, 0.717) is 5.69 Å². The van der Waals surface area contributed by atoms with Gasteiger partial charge >= 0.3 is 5.69 Å². The minimum Gasteiger partial charge on any atom is -0.363 e. The van der Waals surface area contributed by atoms with Crippen LogP contribution in [0, 0.1) is 10.1 Å². The molecule has 3 N–H and O–H groups in total. The van der Waals surface area contributed by atoms with Gasteiger partial charge in [0, 0.05) is 27.2 Å². The number of aromatic nitrogens is 2. The quantitative estimate of drug-likeness (QED) is 0.281. The monoisotopic (exact) mass is 480 g/mol. The van der Waals surface area contributed by atoms with Crippen molar-refractivity contribution in [3.63, 3.8) is 0 Å². The zero-order valence-electron chi connectivity index (χ0n) is 19.6. The molecule has 0 radical (unpaired) electrons. The highest BCUT2D eigenvalue weighted by molar-refractivity contribution is 5.96. The van der Waals surface area contributed by atoms with Gasteiger partial charge in [0.15, 0.2) is 5.52 Å². The summed E-state index contributed by atoms with van der Waals surface area (Å²) in [5, 5.41) is 25.3. The van der Waals surface area contributed by atoms with E-state index in [1.165, 1.54) is 21.9 Å². The van der Waals surface area contributed by atoms with Crippen LogP contribution in [0.1, 0.15) is 13.8 Å². The lowest BCUT2D eigenvalue weighted by atomic mass is 10.2. The lowest BCUT2D eigenvalue weighted by molar-refractivity contribution is -0.383. The zero-order chi connectivity index (χ0) is 25.8. The van der Waals surface area contributed by atoms with Gasteiger partial charge in [-0.05, 0) is 16.4 Å². The number of benzene rings is 1. The number of nitro groups is 1. The number of carbonyl (C=O) groups excluding carboxylic acids is 4. The molecule has 1 heterocycles. The van der Waals surface area contributed by atoms with Gasteiger partial charge in [0.25, 0.3) is 0 Å². The molecule has 0 saturated heterocycles. The minimum atomic E-state index is -0.623. The first-order chi connectivity index (χ1) is 16.1. The van der Waals surface area contributed by atoms with Crippen LogP contribution < -0.4 is 20.9 Å². The fraction of sp³-hybridized carbons (Fsp3) is 0.474. The first-order valence-electron chi connectivity index (χ1n) is 10.2. The van der Waals surface area contributed by atoms with E-state index in [1.807, 2.05) is 13.8 Å². The van der Waals surface area contributed by atoms with Gasteiger partial charge in [0.2, 0.25) is 29.1 Å². The Kier molecular flexibility index (Phi) is 10.8. The molecule has 0 unspecified atom stereocenters. The van der Waals surface area contributed by atoms with Crippen molar-refractivity contribution >= 4 is 46.0 Å². The predicted octanol–water partition coefficient (Wildman–Crippen LogP) is -0.970. The Hall–Kier alpha value is -4.30. The molecule has 0 atom stereocenters. The number of nitrogens with zero attached hydrogens (tertiary/aromatic N) is 5. The van der Waals surface area contributed by atoms with E-state index in [-0.39, 0.29) is 48.8 Å². The molecule has 4 amide bonds. The summed E-state index contributed by atoms with van der Waals surface area (Å²) in [7, 11) is 4.64. The summed E-state index contributed by atoms with van der Waals surface area (Å²) in [5.74, 6) is -1.98. The number of nitrogens with one attached hydrogen (secondary N) is 3. The van der Waals surface area contributed by atoms with E-state index >= 15 is 0 Å². The van der Waals surface area contributed by atoms with Crippen molar-refractivity contribution in [1.29, 1.82) is 0 Å². The summed E-state index contributed by atoms with van der Waals surface area (Å²) in [5.41, 5.74) is 0.153. The zero-order valence-corrected chi connectivity index (χ0v) is 19.6. The molecule has 0 aliphatic heterocycles. The van der Waals surface area contributed by atoms with Gasteiger partial charge in [-0.15, -0.1) is 0 Å². The second kappa shape index (κ2) is 13.3. The van der Waals surface area contributed by atoms with Gasteiger partial charge in [-0.25, -0.2) is 4.63 Å². The molecule has 0 bridgehead atoms. The summed E-state index contributed by atoms with van der Waals surface area (Å²) in [4.78, 5) is 60.1. The third-order valence-corrected chi connectivity index (χ3v) is 4.19. The van der Waals surface area contributed by atoms with E-state index in [9.17, 15) is 29.3 Å². The van der Waals surface area contributed by atoms with Crippen LogP contribution in [0.3, 0.4) is 0 Å². The number of carbonyl (C=O) groups is 4. The van der Waals surface area contributed by atoms with Crippen molar-refractivity contribution in [1.82, 2.24) is 31.2 Å². The van der Waals surface area contributed by atoms with Gasteiger partial charge in [-0.2, -0.15) is 0 Å². The fourth-order valence-corrected chi connectivity index (χ4v) is 2.47. The van der Waals surface area contributed by atoms with E-state index in [4.69, 9.17) is 0 Å². The topological polar surface area (TPSA) is 193 Å². The standard InChI is InChI=1S/C17H22N8O7.C2H6/c1-23(2)15(29)8-20-13(27)6-18-12(26)7-19-14(28)9-24(3)10-4-5-11(25(30)31)17-16(10)21-32-22-17;1-2/h4-5H,6-9H2,1-3H3,(H,18,26)(H,19,28)(H,20,27);1-2H3. The highest BCUT2D eigenvalue weighted by Gasteiger charge is 2.22. The summed E-state index contributed by atoms with van der Waals surface area (Å²) in [6.45, 7) is 2.88. The number of nitro benzene ring substituents is 1. The maximum absolute atomic E-state index is 12.1. The lowest BCUT2D eigenvalue weighted by Gasteiger charge is -2.18. The van der Waals surface area contributed by atoms with Gasteiger partial charge < -0.3 is 25.8 Å². The molecular formula is C19H28N8O7. The van der Waals surface area contributed by atoms with Crippen molar-refractivity contribution in [3.05, 3.63) is 22.2 Å². The number of likely N-dealkylation sites (N-methyl/N-ethyl adjacent to an activating group) is 2. The molecule has 0 aliphatic rings. The maximum atomic E-state index is 12.1. The Morgan fingerprint density at radius 2 is 1.44 bits per heavy atom. The molecule has 2 aromatic rings. The Morgan fingerprint density at radius 3 is 2.00 bits per heavy atom. The summed E-state index contributed by atoms with van der Waals surface area (Å²) in [6.07, 6.45) is 0. The second-order valence-electron chi connectivity index (χ2n) is 6.80. The number of fused-ring (bicyclic) bond motifs is 1. The Labute approximate surface area is 194 Å². The Bertz CT molecular complexity index is 1040. The molecule has 0 aliphatic carbocycles. The summed E-state index contributed by atoms with van der Waals surface area (Å²) < 4.78 is 4.58. The average Bonchev–Trinajstić information content (AvgIpc) is 3.30. The van der Waals surface area contributed by atoms with Crippen LogP contribution in [0.4, 0.5) is 11.4 Å². The van der Waals surface area contributed by atoms with E-state index < -0.39 is 22.6 Å². The predicted molar refractivity (Wildman–Crippen MR) is 121 cm³/mol. The molecule has 186 valence electrons. The van der Waals surface area contributed by atoms with Gasteiger partial charge in [-0.1, -0.05) is 13.8 Å². The molecule has 0 spiro atoms. The summed E-state index contributed by atoms with van der Waals surface area (Å²) in [6, 6.07) is 2.63. The maximum Gasteiger partial charge on any atom is 0.300 e. The number of rotatable bonds is 10. The van der Waals surface area contributed by atoms with Crippen molar-refractivity contribution in [3.8, 4) is 0 Å². The van der Waals surface area contributed by atoms with Crippen LogP contribution in [0.15, 0.2) is 16.8 Å². The molecule has 2 rings (SSSR count). The van der Waals surface area contributed by atoms with Crippen LogP contribution in [0.5, 0.6) is 0 Å². The highest BCUT2D eigenvalue weighted by atomic mass is 16.6. The van der Waals surface area contributed by atoms with E-state index in [2.05, 4.69) is 30.9 Å². The smallest absolute Gasteiger partial charge is 0.300 e. The first-order valence-corrected chi connectivity index (χ1v) is 10.2. The van der Waals surface area contributed by atoms with E-state index in [1.54, 1.807) is 21.1 Å². The summed E-state index contributed by atoms with van der Waals surface area (Å²) >= 11 is 0. The average molecular weight is 480 g/mol. The van der Waals surface area contributed by atoms with Crippen molar-refractivity contribution < 1.29 is 28.7 Å². The number of hydrogen-bond donors (Lipinski definition) is 3. The molecule has 15 heteroatoms. The number of anilines is 1. The lowest BCUT2D eigenvalue weighted by Crippen LogP contribution is -2.45. The van der Waals surface area contributed by atoms with Crippen LogP contribution in [-0.4, -0.2) is 91.1 Å². The van der Waals surface area contributed by atoms with Crippen LogP contribution >= 0.6 is 0 Å². The molecule has 0 saturated carbocycles. The molecule has 1 aromatic heterocycles. The van der Waals surface area contributed by atoms with Crippen LogP contribution in [0.25, 0.3) is 11.0 Å². The molecular weight excluding hydrogens is 452 g/mol. The Balaban J connectivity index is 0.00000281. The third-order valence-electron chi connectivity index (χ3n) is 4.19. The van der Waals surface area contributed by atoms with Gasteiger partial charge in [0.1, 0.15) is 0 Å².